The highest BCUT2D eigenvalue weighted by atomic mass is 32.2. The number of hydrogen-bond donors (Lipinski definition) is 1. The van der Waals surface area contributed by atoms with E-state index in [0.29, 0.717) is 16.5 Å². The summed E-state index contributed by atoms with van der Waals surface area (Å²) in [4.78, 5) is 21.8. The van der Waals surface area contributed by atoms with Gasteiger partial charge in [0, 0.05) is 30.9 Å². The van der Waals surface area contributed by atoms with Crippen LogP contribution in [0.2, 0.25) is 0 Å². The lowest BCUT2D eigenvalue weighted by Gasteiger charge is -2.17. The molecule has 0 saturated heterocycles. The van der Waals surface area contributed by atoms with Crippen LogP contribution in [0.1, 0.15) is 11.3 Å². The van der Waals surface area contributed by atoms with E-state index < -0.39 is 0 Å². The lowest BCUT2D eigenvalue weighted by molar-refractivity contribution is -0.127. The van der Waals surface area contributed by atoms with E-state index in [2.05, 4.69) is 9.97 Å². The van der Waals surface area contributed by atoms with Crippen LogP contribution in [0, 0.1) is 12.7 Å². The summed E-state index contributed by atoms with van der Waals surface area (Å²) < 4.78 is 13.6. The first-order chi connectivity index (χ1) is 10.5. The Labute approximate surface area is 132 Å². The van der Waals surface area contributed by atoms with Gasteiger partial charge in [0.05, 0.1) is 5.75 Å². The monoisotopic (exact) mass is 320 g/mol. The molecule has 0 radical (unpaired) electrons. The third-order valence-corrected chi connectivity index (χ3v) is 3.80. The molecule has 5 nitrogen and oxygen atoms in total. The van der Waals surface area contributed by atoms with Crippen molar-refractivity contribution in [1.82, 2.24) is 14.9 Å². The van der Waals surface area contributed by atoms with Crippen LogP contribution in [0.25, 0.3) is 0 Å². The standard InChI is InChI=1S/C15H17FN4OS/c1-10-7-13(17)19-15(18-10)22-9-14(21)20(2)8-11-5-3-4-6-12(11)16/h3-7H,8-9H2,1-2H3,(H2,17,18,19). The zero-order chi connectivity index (χ0) is 16.1. The summed E-state index contributed by atoms with van der Waals surface area (Å²) in [5.41, 5.74) is 6.88. The Balaban J connectivity index is 1.93. The highest BCUT2D eigenvalue weighted by Crippen LogP contribution is 2.16. The Morgan fingerprint density at radius 3 is 2.77 bits per heavy atom. The van der Waals surface area contributed by atoms with Gasteiger partial charge >= 0.3 is 0 Å². The normalized spacial score (nSPS) is 10.5. The fraction of sp³-hybridized carbons (Fsp3) is 0.267. The minimum absolute atomic E-state index is 0.128. The number of amides is 1. The van der Waals surface area contributed by atoms with Gasteiger partial charge in [-0.05, 0) is 13.0 Å². The van der Waals surface area contributed by atoms with E-state index in [1.54, 1.807) is 31.3 Å². The molecule has 0 aliphatic heterocycles. The molecule has 0 aliphatic rings. The Morgan fingerprint density at radius 1 is 1.36 bits per heavy atom. The average Bonchev–Trinajstić information content (AvgIpc) is 2.46. The van der Waals surface area contributed by atoms with E-state index in [4.69, 9.17) is 5.73 Å². The summed E-state index contributed by atoms with van der Waals surface area (Å²) in [5, 5.41) is 0.463. The molecule has 0 bridgehead atoms. The molecule has 22 heavy (non-hydrogen) atoms. The molecule has 2 N–H and O–H groups in total. The maximum absolute atomic E-state index is 13.6. The SMILES string of the molecule is Cc1cc(N)nc(SCC(=O)N(C)Cc2ccccc2F)n1. The first-order valence-electron chi connectivity index (χ1n) is 6.67. The quantitative estimate of drug-likeness (QED) is 0.676. The molecule has 1 aromatic carbocycles. The Kier molecular flexibility index (Phi) is 5.32. The number of aryl methyl sites for hydroxylation is 1. The smallest absolute Gasteiger partial charge is 0.233 e. The van der Waals surface area contributed by atoms with E-state index in [1.165, 1.54) is 22.7 Å². The van der Waals surface area contributed by atoms with E-state index in [-0.39, 0.29) is 24.0 Å². The molecule has 7 heteroatoms. The van der Waals surface area contributed by atoms with Crippen molar-refractivity contribution in [2.75, 3.05) is 18.5 Å². The van der Waals surface area contributed by atoms with Crippen molar-refractivity contribution in [2.24, 2.45) is 0 Å². The molecule has 1 aromatic heterocycles. The number of rotatable bonds is 5. The van der Waals surface area contributed by atoms with Crippen LogP contribution in [-0.4, -0.2) is 33.6 Å². The summed E-state index contributed by atoms with van der Waals surface area (Å²) in [6, 6.07) is 8.07. The lowest BCUT2D eigenvalue weighted by atomic mass is 10.2. The van der Waals surface area contributed by atoms with Gasteiger partial charge in [-0.25, -0.2) is 14.4 Å². The first kappa shape index (κ1) is 16.2. The van der Waals surface area contributed by atoms with Gasteiger partial charge in [-0.1, -0.05) is 30.0 Å². The van der Waals surface area contributed by atoms with Gasteiger partial charge in [0.15, 0.2) is 5.16 Å². The van der Waals surface area contributed by atoms with Crippen molar-refractivity contribution in [2.45, 2.75) is 18.6 Å². The number of aromatic nitrogens is 2. The number of nitrogen functional groups attached to an aromatic ring is 1. The molecule has 0 atom stereocenters. The van der Waals surface area contributed by atoms with Crippen LogP contribution in [0.5, 0.6) is 0 Å². The van der Waals surface area contributed by atoms with Crippen molar-refractivity contribution in [1.29, 1.82) is 0 Å². The third kappa shape index (κ3) is 4.42. The maximum atomic E-state index is 13.6. The Bertz CT molecular complexity index is 660. The van der Waals surface area contributed by atoms with E-state index in [9.17, 15) is 9.18 Å². The molecule has 0 saturated carbocycles. The number of anilines is 1. The van der Waals surface area contributed by atoms with E-state index >= 15 is 0 Å². The summed E-state index contributed by atoms with van der Waals surface area (Å²) in [6.07, 6.45) is 0. The molecule has 2 aromatic rings. The summed E-state index contributed by atoms with van der Waals surface area (Å²) in [7, 11) is 1.64. The summed E-state index contributed by atoms with van der Waals surface area (Å²) in [6.45, 7) is 2.04. The van der Waals surface area contributed by atoms with Crippen molar-refractivity contribution >= 4 is 23.5 Å². The fourth-order valence-corrected chi connectivity index (χ4v) is 2.69. The van der Waals surface area contributed by atoms with Crippen molar-refractivity contribution in [3.8, 4) is 0 Å². The highest BCUT2D eigenvalue weighted by Gasteiger charge is 2.13. The Hall–Kier alpha value is -2.15. The molecule has 0 unspecified atom stereocenters. The summed E-state index contributed by atoms with van der Waals surface area (Å²) >= 11 is 1.21. The maximum Gasteiger partial charge on any atom is 0.233 e. The van der Waals surface area contributed by atoms with Gasteiger partial charge in [0.2, 0.25) is 5.91 Å². The molecular formula is C15H17FN4OS. The predicted molar refractivity (Wildman–Crippen MR) is 84.8 cm³/mol. The fourth-order valence-electron chi connectivity index (χ4n) is 1.84. The average molecular weight is 320 g/mol. The number of halogens is 1. The zero-order valence-corrected chi connectivity index (χ0v) is 13.2. The van der Waals surface area contributed by atoms with Crippen molar-refractivity contribution < 1.29 is 9.18 Å². The van der Waals surface area contributed by atoms with Gasteiger partial charge in [-0.15, -0.1) is 0 Å². The Morgan fingerprint density at radius 2 is 2.09 bits per heavy atom. The second-order valence-corrected chi connectivity index (χ2v) is 5.79. The molecule has 2 rings (SSSR count). The lowest BCUT2D eigenvalue weighted by Crippen LogP contribution is -2.28. The van der Waals surface area contributed by atoms with Crippen LogP contribution in [0.15, 0.2) is 35.5 Å². The molecule has 0 spiro atoms. The van der Waals surface area contributed by atoms with Crippen LogP contribution in [0.3, 0.4) is 0 Å². The van der Waals surface area contributed by atoms with Gasteiger partial charge in [-0.2, -0.15) is 0 Å². The number of benzene rings is 1. The number of hydrogen-bond acceptors (Lipinski definition) is 5. The van der Waals surface area contributed by atoms with Gasteiger partial charge in [0.25, 0.3) is 0 Å². The van der Waals surface area contributed by atoms with Crippen LogP contribution in [-0.2, 0) is 11.3 Å². The van der Waals surface area contributed by atoms with Crippen LogP contribution >= 0.6 is 11.8 Å². The molecule has 1 heterocycles. The molecule has 0 fully saturated rings. The van der Waals surface area contributed by atoms with Gasteiger partial charge in [0.1, 0.15) is 11.6 Å². The molecule has 116 valence electrons. The highest BCUT2D eigenvalue weighted by molar-refractivity contribution is 7.99. The number of carbonyl (C=O) groups is 1. The number of carbonyl (C=O) groups excluding carboxylic acids is 1. The predicted octanol–water partition coefficient (Wildman–Crippen LogP) is 2.26. The van der Waals surface area contributed by atoms with E-state index in [0.717, 1.165) is 5.69 Å². The zero-order valence-electron chi connectivity index (χ0n) is 12.4. The van der Waals surface area contributed by atoms with E-state index in [1.807, 2.05) is 6.92 Å². The van der Waals surface area contributed by atoms with Crippen LogP contribution in [0.4, 0.5) is 10.2 Å². The topological polar surface area (TPSA) is 72.1 Å². The van der Waals surface area contributed by atoms with Gasteiger partial charge < -0.3 is 10.6 Å². The van der Waals surface area contributed by atoms with Crippen molar-refractivity contribution in [3.05, 3.63) is 47.4 Å². The number of thioether (sulfide) groups is 1. The molecule has 1 amide bonds. The molecule has 0 aliphatic carbocycles. The van der Waals surface area contributed by atoms with Crippen molar-refractivity contribution in [3.63, 3.8) is 0 Å². The number of nitrogens with zero attached hydrogens (tertiary/aromatic N) is 3. The minimum Gasteiger partial charge on any atom is -0.384 e. The largest absolute Gasteiger partial charge is 0.384 e. The second kappa shape index (κ2) is 7.22. The van der Waals surface area contributed by atoms with Crippen LogP contribution < -0.4 is 5.73 Å². The van der Waals surface area contributed by atoms with Gasteiger partial charge in [-0.3, -0.25) is 4.79 Å². The summed E-state index contributed by atoms with van der Waals surface area (Å²) in [5.74, 6) is 0.108. The minimum atomic E-state index is -0.315. The third-order valence-electron chi connectivity index (χ3n) is 2.97. The second-order valence-electron chi connectivity index (χ2n) is 4.85. The number of nitrogens with two attached hydrogens (primary N) is 1. The molecular weight excluding hydrogens is 303 g/mol. The first-order valence-corrected chi connectivity index (χ1v) is 7.65.